The molecule has 11 heteroatoms. The van der Waals surface area contributed by atoms with Crippen molar-refractivity contribution in [3.8, 4) is 0 Å². The van der Waals surface area contributed by atoms with Crippen LogP contribution in [0.25, 0.3) is 0 Å². The van der Waals surface area contributed by atoms with E-state index in [1.807, 2.05) is 48.6 Å². The minimum absolute atomic E-state index is 0. The van der Waals surface area contributed by atoms with Gasteiger partial charge < -0.3 is 10.6 Å². The van der Waals surface area contributed by atoms with Gasteiger partial charge in [-0.1, -0.05) is 36.4 Å². The van der Waals surface area contributed by atoms with Gasteiger partial charge in [0.1, 0.15) is 0 Å². The summed E-state index contributed by atoms with van der Waals surface area (Å²) in [6.07, 6.45) is 20.0. The van der Waals surface area contributed by atoms with E-state index in [0.717, 1.165) is 70.4 Å². The first kappa shape index (κ1) is 39.1. The van der Waals surface area contributed by atoms with Crippen molar-refractivity contribution >= 4 is 45.4 Å². The maximum Gasteiger partial charge on any atom is 4.00 e. The third-order valence-corrected chi connectivity index (χ3v) is 6.87. The fourth-order valence-corrected chi connectivity index (χ4v) is 4.56. The van der Waals surface area contributed by atoms with Gasteiger partial charge in [0.15, 0.2) is 0 Å². The molecule has 4 nitrogen and oxygen atoms in total. The summed E-state index contributed by atoms with van der Waals surface area (Å²) in [4.78, 5) is 24.7. The molecule has 47 heavy (non-hydrogen) atoms. The van der Waals surface area contributed by atoms with Crippen LogP contribution in [0.15, 0.2) is 131 Å². The fourth-order valence-electron chi connectivity index (χ4n) is 3.22. The fraction of sp³-hybridized carbons (Fsp3) is 0.0556. The average Bonchev–Trinajstić information content (AvgIpc) is 3.82. The Kier molecular flexibility index (Phi) is 18.7. The first-order valence-electron chi connectivity index (χ1n) is 13.6. The Hall–Kier alpha value is -4.09. The van der Waals surface area contributed by atoms with Crippen molar-refractivity contribution in [3.05, 3.63) is 169 Å². The van der Waals surface area contributed by atoms with E-state index in [0.29, 0.717) is 0 Å². The SMILES string of the molecule is O=C(Nc1ccc(F)[c-]c1F)Sc1ccccc1.O=C(Nc1ccc(F)[c-]c1F)Sc1ccccc1.[C-]1=CC=CC1.[C-]1=CC=CC1.[Ti+4]. The number of benzene rings is 4. The number of amides is 2. The molecule has 0 aromatic heterocycles. The zero-order valence-corrected chi connectivity index (χ0v) is 27.8. The van der Waals surface area contributed by atoms with E-state index in [4.69, 9.17) is 0 Å². The van der Waals surface area contributed by atoms with E-state index in [1.165, 1.54) is 0 Å². The van der Waals surface area contributed by atoms with Crippen molar-refractivity contribution in [2.24, 2.45) is 0 Å². The number of rotatable bonds is 4. The van der Waals surface area contributed by atoms with Gasteiger partial charge >= 0.3 is 21.7 Å². The number of hydrogen-bond donors (Lipinski definition) is 2. The summed E-state index contributed by atoms with van der Waals surface area (Å²) in [7, 11) is 0. The molecule has 0 saturated carbocycles. The molecule has 0 heterocycles. The molecule has 236 valence electrons. The Balaban J connectivity index is 0.000000248. The quantitative estimate of drug-likeness (QED) is 0.0960. The molecule has 2 aliphatic rings. The van der Waals surface area contributed by atoms with Gasteiger partial charge in [-0.25, -0.2) is 41.9 Å². The van der Waals surface area contributed by atoms with Gasteiger partial charge in [-0.15, -0.1) is 49.2 Å². The Bertz CT molecular complexity index is 1540. The number of allylic oxidation sites excluding steroid dienone is 8. The van der Waals surface area contributed by atoms with Crippen LogP contribution in [0.5, 0.6) is 0 Å². The largest absolute Gasteiger partial charge is 4.00 e. The molecule has 2 aliphatic carbocycles. The van der Waals surface area contributed by atoms with Crippen LogP contribution in [-0.2, 0) is 21.7 Å². The van der Waals surface area contributed by atoms with Gasteiger partial charge in [0.05, 0.1) is 0 Å². The van der Waals surface area contributed by atoms with Crippen molar-refractivity contribution < 1.29 is 48.9 Å². The van der Waals surface area contributed by atoms with E-state index < -0.39 is 33.7 Å². The normalized spacial score (nSPS) is 11.5. The molecule has 6 rings (SSSR count). The zero-order chi connectivity index (χ0) is 33.0. The van der Waals surface area contributed by atoms with Crippen molar-refractivity contribution in [1.29, 1.82) is 0 Å². The molecule has 0 spiro atoms. The molecule has 2 N–H and O–H groups in total. The molecule has 0 unspecified atom stereocenters. The van der Waals surface area contributed by atoms with Crippen molar-refractivity contribution in [1.82, 2.24) is 0 Å². The summed E-state index contributed by atoms with van der Waals surface area (Å²) in [5, 5.41) is 3.79. The molecule has 0 fully saturated rings. The van der Waals surface area contributed by atoms with Gasteiger partial charge in [0.2, 0.25) is 0 Å². The minimum Gasteiger partial charge on any atom is -0.367 e. The summed E-state index contributed by atoms with van der Waals surface area (Å²) in [5.41, 5.74) is -0.185. The molecule has 0 saturated heterocycles. The number of nitrogens with one attached hydrogen (secondary N) is 2. The Labute approximate surface area is 295 Å². The molecule has 0 atom stereocenters. The number of carbonyl (C=O) groups excluding carboxylic acids is 2. The van der Waals surface area contributed by atoms with Crippen LogP contribution in [0.1, 0.15) is 12.8 Å². The molecule has 0 bridgehead atoms. The smallest absolute Gasteiger partial charge is 0.367 e. The summed E-state index contributed by atoms with van der Waals surface area (Å²) >= 11 is 1.85. The predicted molar refractivity (Wildman–Crippen MR) is 176 cm³/mol. The Morgan fingerprint density at radius 3 is 1.23 bits per heavy atom. The predicted octanol–water partition coefficient (Wildman–Crippen LogP) is 10.8. The number of hydrogen-bond acceptors (Lipinski definition) is 4. The number of thioether (sulfide) groups is 2. The summed E-state index contributed by atoms with van der Waals surface area (Å²) in [6.45, 7) is 0. The Morgan fingerprint density at radius 2 is 0.957 bits per heavy atom. The van der Waals surface area contributed by atoms with Crippen molar-refractivity contribution in [2.45, 2.75) is 22.6 Å². The first-order chi connectivity index (χ1) is 22.3. The molecule has 4 aromatic rings. The maximum absolute atomic E-state index is 13.2. The van der Waals surface area contributed by atoms with Crippen LogP contribution < -0.4 is 10.6 Å². The minimum atomic E-state index is -0.919. The van der Waals surface area contributed by atoms with Crippen LogP contribution in [0.4, 0.5) is 38.5 Å². The first-order valence-corrected chi connectivity index (χ1v) is 15.2. The van der Waals surface area contributed by atoms with Crippen molar-refractivity contribution in [3.63, 3.8) is 0 Å². The van der Waals surface area contributed by atoms with E-state index >= 15 is 0 Å². The third-order valence-electron chi connectivity index (χ3n) is 5.28. The second-order valence-corrected chi connectivity index (χ2v) is 10.8. The van der Waals surface area contributed by atoms with Crippen LogP contribution in [0, 0.1) is 47.6 Å². The molecule has 0 radical (unpaired) electrons. The van der Waals surface area contributed by atoms with Gasteiger partial charge in [-0.2, -0.15) is 12.2 Å². The van der Waals surface area contributed by atoms with E-state index in [-0.39, 0.29) is 33.1 Å². The van der Waals surface area contributed by atoms with E-state index in [2.05, 4.69) is 34.9 Å². The summed E-state index contributed by atoms with van der Waals surface area (Å²) < 4.78 is 51.7. The van der Waals surface area contributed by atoms with Crippen LogP contribution in [0.2, 0.25) is 0 Å². The monoisotopic (exact) mass is 706 g/mol. The molecule has 4 aromatic carbocycles. The number of anilines is 2. The van der Waals surface area contributed by atoms with Gasteiger partial charge in [0, 0.05) is 33.1 Å². The van der Waals surface area contributed by atoms with Crippen LogP contribution >= 0.6 is 23.5 Å². The average molecular weight is 707 g/mol. The topological polar surface area (TPSA) is 58.2 Å². The molecule has 0 aliphatic heterocycles. The molecular formula is C36H26F4N2O2S2Ti. The van der Waals surface area contributed by atoms with E-state index in [1.54, 1.807) is 48.5 Å². The van der Waals surface area contributed by atoms with E-state index in [9.17, 15) is 27.2 Å². The third kappa shape index (κ3) is 16.3. The Morgan fingerprint density at radius 1 is 0.574 bits per heavy atom. The molecular weight excluding hydrogens is 680 g/mol. The maximum atomic E-state index is 13.2. The van der Waals surface area contributed by atoms with Gasteiger partial charge in [-0.05, 0) is 59.2 Å². The molecule has 2 amide bonds. The number of carbonyl (C=O) groups is 2. The second kappa shape index (κ2) is 22.4. The van der Waals surface area contributed by atoms with Crippen molar-refractivity contribution in [2.75, 3.05) is 10.6 Å². The zero-order valence-electron chi connectivity index (χ0n) is 24.6. The van der Waals surface area contributed by atoms with Gasteiger partial charge in [0.25, 0.3) is 10.5 Å². The number of halogens is 4. The van der Waals surface area contributed by atoms with Crippen LogP contribution in [0.3, 0.4) is 0 Å². The summed E-state index contributed by atoms with van der Waals surface area (Å²) in [6, 6.07) is 26.0. The second-order valence-electron chi connectivity index (χ2n) is 8.73. The standard InChI is InChI=1S/2C13H8F2NOS.2C5H5.Ti/c2*14-9-6-7-12(11(15)8-9)16-13(17)18-10-4-2-1-3-5-10;2*1-2-4-5-3-1;/h2*1-7H,(H,16,17);2*1-3H,4H2;/q4*-1;+4. The van der Waals surface area contributed by atoms with Crippen LogP contribution in [-0.4, -0.2) is 10.5 Å². The van der Waals surface area contributed by atoms with Gasteiger partial charge in [-0.3, -0.25) is 21.7 Å². The summed E-state index contributed by atoms with van der Waals surface area (Å²) in [5.74, 6) is -3.45.